The average molecular weight is 289 g/mol. The van der Waals surface area contributed by atoms with Crippen molar-refractivity contribution in [3.8, 4) is 0 Å². The fourth-order valence-electron chi connectivity index (χ4n) is 2.26. The Labute approximate surface area is 123 Å². The number of benzene rings is 1. The summed E-state index contributed by atoms with van der Waals surface area (Å²) in [5.41, 5.74) is 0.941. The zero-order chi connectivity index (χ0) is 15.4. The first-order chi connectivity index (χ1) is 10.0. The SMILES string of the molecule is CCN1CCN(C(=O)NC(C)c2ccccc2)C(=O)C1=O. The van der Waals surface area contributed by atoms with Crippen LogP contribution in [0.1, 0.15) is 25.5 Å². The summed E-state index contributed by atoms with van der Waals surface area (Å²) in [6.45, 7) is 4.72. The summed E-state index contributed by atoms with van der Waals surface area (Å²) >= 11 is 0. The van der Waals surface area contributed by atoms with Gasteiger partial charge in [-0.3, -0.25) is 14.5 Å². The fourth-order valence-corrected chi connectivity index (χ4v) is 2.26. The second kappa shape index (κ2) is 6.39. The van der Waals surface area contributed by atoms with Crippen LogP contribution in [0.15, 0.2) is 30.3 Å². The molecule has 6 nitrogen and oxygen atoms in total. The molecule has 1 N–H and O–H groups in total. The van der Waals surface area contributed by atoms with Gasteiger partial charge in [-0.15, -0.1) is 0 Å². The molecule has 1 atom stereocenters. The Morgan fingerprint density at radius 2 is 1.86 bits per heavy atom. The molecule has 1 saturated heterocycles. The number of piperazine rings is 1. The number of carbonyl (C=O) groups is 3. The Morgan fingerprint density at radius 3 is 2.48 bits per heavy atom. The van der Waals surface area contributed by atoms with Crippen LogP contribution in [-0.2, 0) is 9.59 Å². The lowest BCUT2D eigenvalue weighted by molar-refractivity contribution is -0.153. The van der Waals surface area contributed by atoms with Gasteiger partial charge in [0.25, 0.3) is 0 Å². The molecule has 1 aromatic carbocycles. The van der Waals surface area contributed by atoms with Gasteiger partial charge in [-0.25, -0.2) is 4.79 Å². The molecule has 112 valence electrons. The van der Waals surface area contributed by atoms with Crippen molar-refractivity contribution in [1.82, 2.24) is 15.1 Å². The minimum absolute atomic E-state index is 0.228. The van der Waals surface area contributed by atoms with Crippen LogP contribution in [0.25, 0.3) is 0 Å². The van der Waals surface area contributed by atoms with Gasteiger partial charge in [0.2, 0.25) is 0 Å². The van der Waals surface area contributed by atoms with Crippen LogP contribution in [0.5, 0.6) is 0 Å². The molecule has 0 aromatic heterocycles. The number of likely N-dealkylation sites (N-methyl/N-ethyl adjacent to an activating group) is 1. The van der Waals surface area contributed by atoms with Crippen molar-refractivity contribution >= 4 is 17.8 Å². The van der Waals surface area contributed by atoms with Crippen molar-refractivity contribution in [2.45, 2.75) is 19.9 Å². The molecule has 4 amide bonds. The minimum Gasteiger partial charge on any atom is -0.333 e. The Balaban J connectivity index is 2.01. The molecule has 1 unspecified atom stereocenters. The minimum atomic E-state index is -0.763. The molecule has 0 saturated carbocycles. The highest BCUT2D eigenvalue weighted by molar-refractivity contribution is 6.38. The number of hydrogen-bond donors (Lipinski definition) is 1. The number of imide groups is 1. The molecule has 1 heterocycles. The monoisotopic (exact) mass is 289 g/mol. The molecule has 0 aliphatic carbocycles. The topological polar surface area (TPSA) is 69.7 Å². The van der Waals surface area contributed by atoms with E-state index >= 15 is 0 Å². The van der Waals surface area contributed by atoms with Crippen LogP contribution in [0, 0.1) is 0 Å². The summed E-state index contributed by atoms with van der Waals surface area (Å²) in [5.74, 6) is -1.38. The van der Waals surface area contributed by atoms with E-state index in [9.17, 15) is 14.4 Å². The van der Waals surface area contributed by atoms with Crippen molar-refractivity contribution in [3.63, 3.8) is 0 Å². The third kappa shape index (κ3) is 3.21. The van der Waals surface area contributed by atoms with Crippen LogP contribution < -0.4 is 5.32 Å². The van der Waals surface area contributed by atoms with E-state index in [4.69, 9.17) is 0 Å². The van der Waals surface area contributed by atoms with Gasteiger partial charge in [0.05, 0.1) is 6.04 Å². The predicted molar refractivity (Wildman–Crippen MR) is 77.4 cm³/mol. The van der Waals surface area contributed by atoms with Gasteiger partial charge >= 0.3 is 17.8 Å². The first-order valence-corrected chi connectivity index (χ1v) is 7.00. The fraction of sp³-hybridized carbons (Fsp3) is 0.400. The highest BCUT2D eigenvalue weighted by atomic mass is 16.2. The van der Waals surface area contributed by atoms with E-state index in [1.807, 2.05) is 37.3 Å². The molecule has 1 aliphatic heterocycles. The second-order valence-corrected chi connectivity index (χ2v) is 4.92. The molecule has 1 aromatic rings. The molecule has 0 bridgehead atoms. The predicted octanol–water partition coefficient (Wildman–Crippen LogP) is 1.15. The molecule has 0 radical (unpaired) electrons. The van der Waals surface area contributed by atoms with Gasteiger partial charge in [0.15, 0.2) is 0 Å². The van der Waals surface area contributed by atoms with Crippen LogP contribution in [0.3, 0.4) is 0 Å². The van der Waals surface area contributed by atoms with Crippen molar-refractivity contribution in [2.24, 2.45) is 0 Å². The smallest absolute Gasteiger partial charge is 0.325 e. The molecule has 21 heavy (non-hydrogen) atoms. The van der Waals surface area contributed by atoms with E-state index in [0.29, 0.717) is 13.1 Å². The Morgan fingerprint density at radius 1 is 1.19 bits per heavy atom. The number of carbonyl (C=O) groups excluding carboxylic acids is 3. The van der Waals surface area contributed by atoms with E-state index in [-0.39, 0.29) is 12.6 Å². The van der Waals surface area contributed by atoms with Crippen LogP contribution in [0.2, 0.25) is 0 Å². The maximum absolute atomic E-state index is 12.2. The van der Waals surface area contributed by atoms with Gasteiger partial charge in [-0.1, -0.05) is 30.3 Å². The lowest BCUT2D eigenvalue weighted by atomic mass is 10.1. The number of hydrogen-bond acceptors (Lipinski definition) is 3. The normalized spacial score (nSPS) is 16.9. The molecule has 1 fully saturated rings. The first-order valence-electron chi connectivity index (χ1n) is 7.00. The summed E-state index contributed by atoms with van der Waals surface area (Å²) in [6.07, 6.45) is 0. The number of nitrogens with zero attached hydrogens (tertiary/aromatic N) is 2. The quantitative estimate of drug-likeness (QED) is 0.849. The van der Waals surface area contributed by atoms with E-state index in [2.05, 4.69) is 5.32 Å². The van der Waals surface area contributed by atoms with Crippen molar-refractivity contribution < 1.29 is 14.4 Å². The van der Waals surface area contributed by atoms with E-state index in [1.54, 1.807) is 6.92 Å². The Hall–Kier alpha value is -2.37. The maximum atomic E-state index is 12.2. The van der Waals surface area contributed by atoms with Crippen LogP contribution >= 0.6 is 0 Å². The van der Waals surface area contributed by atoms with Crippen LogP contribution in [0.4, 0.5) is 4.79 Å². The van der Waals surface area contributed by atoms with Crippen LogP contribution in [-0.4, -0.2) is 47.3 Å². The van der Waals surface area contributed by atoms with Crippen molar-refractivity contribution in [2.75, 3.05) is 19.6 Å². The number of nitrogens with one attached hydrogen (secondary N) is 1. The van der Waals surface area contributed by atoms with E-state index in [1.165, 1.54) is 4.90 Å². The van der Waals surface area contributed by atoms with E-state index < -0.39 is 17.8 Å². The average Bonchev–Trinajstić information content (AvgIpc) is 2.50. The largest absolute Gasteiger partial charge is 0.333 e. The van der Waals surface area contributed by atoms with E-state index in [0.717, 1.165) is 10.5 Å². The van der Waals surface area contributed by atoms with Gasteiger partial charge in [-0.05, 0) is 19.4 Å². The van der Waals surface area contributed by atoms with Gasteiger partial charge < -0.3 is 10.2 Å². The molecule has 1 aliphatic rings. The summed E-state index contributed by atoms with van der Waals surface area (Å²) in [4.78, 5) is 38.3. The van der Waals surface area contributed by atoms with Gasteiger partial charge in [-0.2, -0.15) is 0 Å². The Bertz CT molecular complexity index is 544. The standard InChI is InChI=1S/C15H19N3O3/c1-3-17-9-10-18(14(20)13(17)19)15(21)16-11(2)12-7-5-4-6-8-12/h4-8,11H,3,9-10H2,1-2H3,(H,16,21). The summed E-state index contributed by atoms with van der Waals surface area (Å²) < 4.78 is 0. The lowest BCUT2D eigenvalue weighted by Gasteiger charge is -2.32. The highest BCUT2D eigenvalue weighted by Gasteiger charge is 2.35. The van der Waals surface area contributed by atoms with Gasteiger partial charge in [0, 0.05) is 19.6 Å². The van der Waals surface area contributed by atoms with Gasteiger partial charge in [0.1, 0.15) is 0 Å². The van der Waals surface area contributed by atoms with Crippen molar-refractivity contribution in [3.05, 3.63) is 35.9 Å². The lowest BCUT2D eigenvalue weighted by Crippen LogP contribution is -2.58. The number of rotatable bonds is 3. The molecule has 0 spiro atoms. The zero-order valence-corrected chi connectivity index (χ0v) is 12.2. The Kier molecular flexibility index (Phi) is 4.57. The maximum Gasteiger partial charge on any atom is 0.325 e. The highest BCUT2D eigenvalue weighted by Crippen LogP contribution is 2.13. The zero-order valence-electron chi connectivity index (χ0n) is 12.2. The van der Waals surface area contributed by atoms with Crippen molar-refractivity contribution in [1.29, 1.82) is 0 Å². The second-order valence-electron chi connectivity index (χ2n) is 4.92. The summed E-state index contributed by atoms with van der Waals surface area (Å²) in [6, 6.07) is 8.69. The molecular formula is C15H19N3O3. The number of amides is 4. The third-order valence-corrected chi connectivity index (χ3v) is 3.58. The first kappa shape index (κ1) is 15.0. The summed E-state index contributed by atoms with van der Waals surface area (Å²) in [7, 11) is 0. The molecular weight excluding hydrogens is 270 g/mol. The number of urea groups is 1. The summed E-state index contributed by atoms with van der Waals surface area (Å²) in [5, 5.41) is 2.75. The molecule has 6 heteroatoms. The third-order valence-electron chi connectivity index (χ3n) is 3.58. The molecule has 2 rings (SSSR count).